The van der Waals surface area contributed by atoms with Crippen molar-refractivity contribution in [2.24, 2.45) is 0 Å². The van der Waals surface area contributed by atoms with Crippen LogP contribution in [-0.4, -0.2) is 14.0 Å². The predicted octanol–water partition coefficient (Wildman–Crippen LogP) is 4.69. The molecule has 29 heavy (non-hydrogen) atoms. The predicted molar refractivity (Wildman–Crippen MR) is 102 cm³/mol. The lowest BCUT2D eigenvalue weighted by Crippen LogP contribution is -2.44. The summed E-state index contributed by atoms with van der Waals surface area (Å²) >= 11 is 0. The Balaban J connectivity index is 1.94. The van der Waals surface area contributed by atoms with Crippen LogP contribution >= 0.6 is 0 Å². The van der Waals surface area contributed by atoms with Gasteiger partial charge in [-0.1, -0.05) is 36.3 Å². The summed E-state index contributed by atoms with van der Waals surface area (Å²) in [5.74, 6) is -7.86. The van der Waals surface area contributed by atoms with Crippen LogP contribution in [0.4, 0.5) is 27.6 Å². The van der Waals surface area contributed by atoms with E-state index in [0.717, 1.165) is 5.56 Å². The minimum atomic E-state index is -2.18. The molecule has 0 unspecified atom stereocenters. The Hall–Kier alpha value is -3.29. The highest BCUT2D eigenvalue weighted by atomic mass is 19.2. The summed E-state index contributed by atoms with van der Waals surface area (Å²) in [7, 11) is 1.50. The Kier molecular flexibility index (Phi) is 4.78. The average Bonchev–Trinajstić information content (AvgIpc) is 2.76. The van der Waals surface area contributed by atoms with E-state index in [-0.39, 0.29) is 0 Å². The van der Waals surface area contributed by atoms with Gasteiger partial charge in [-0.15, -0.1) is 0 Å². The SMILES string of the molecule is COc1ccc2c(c1)C(c1ccccc1)=CB(c1c(F)c(F)c(F)c(F)c1F)N2. The van der Waals surface area contributed by atoms with Gasteiger partial charge in [0.15, 0.2) is 29.1 Å². The van der Waals surface area contributed by atoms with Crippen LogP contribution in [0.2, 0.25) is 0 Å². The summed E-state index contributed by atoms with van der Waals surface area (Å²) < 4.78 is 75.0. The zero-order chi connectivity index (χ0) is 20.7. The van der Waals surface area contributed by atoms with Gasteiger partial charge in [0, 0.05) is 16.7 Å². The van der Waals surface area contributed by atoms with Gasteiger partial charge in [0.2, 0.25) is 0 Å². The molecule has 0 saturated heterocycles. The molecule has 1 heterocycles. The zero-order valence-electron chi connectivity index (χ0n) is 15.1. The van der Waals surface area contributed by atoms with E-state index in [4.69, 9.17) is 4.74 Å². The van der Waals surface area contributed by atoms with Crippen LogP contribution in [0.1, 0.15) is 11.1 Å². The molecule has 0 bridgehead atoms. The van der Waals surface area contributed by atoms with E-state index in [1.807, 2.05) is 0 Å². The number of nitrogens with one attached hydrogen (secondary N) is 1. The lowest BCUT2D eigenvalue weighted by atomic mass is 9.52. The number of ether oxygens (including phenoxy) is 1. The van der Waals surface area contributed by atoms with Gasteiger partial charge < -0.3 is 9.96 Å². The van der Waals surface area contributed by atoms with Crippen molar-refractivity contribution in [3.8, 4) is 5.75 Å². The third kappa shape index (κ3) is 3.14. The van der Waals surface area contributed by atoms with Crippen LogP contribution in [0.3, 0.4) is 0 Å². The summed E-state index contributed by atoms with van der Waals surface area (Å²) in [5, 5.41) is 2.85. The highest BCUT2D eigenvalue weighted by Gasteiger charge is 2.35. The number of halogens is 5. The number of benzene rings is 3. The fourth-order valence-corrected chi connectivity index (χ4v) is 3.38. The lowest BCUT2D eigenvalue weighted by molar-refractivity contribution is 0.384. The normalized spacial score (nSPS) is 12.9. The highest BCUT2D eigenvalue weighted by Crippen LogP contribution is 2.36. The van der Waals surface area contributed by atoms with Crippen molar-refractivity contribution in [1.82, 2.24) is 0 Å². The molecule has 1 aliphatic rings. The van der Waals surface area contributed by atoms with E-state index in [2.05, 4.69) is 5.23 Å². The van der Waals surface area contributed by atoms with E-state index in [1.54, 1.807) is 48.5 Å². The van der Waals surface area contributed by atoms with Gasteiger partial charge in [-0.2, -0.15) is 0 Å². The Bertz CT molecular complexity index is 1100. The molecule has 4 rings (SSSR count). The quantitative estimate of drug-likeness (QED) is 0.298. The van der Waals surface area contributed by atoms with Crippen molar-refractivity contribution in [3.05, 3.63) is 94.7 Å². The molecule has 1 aliphatic heterocycles. The smallest absolute Gasteiger partial charge is 0.320 e. The van der Waals surface area contributed by atoms with Gasteiger partial charge in [0.05, 0.1) is 7.11 Å². The van der Waals surface area contributed by atoms with Gasteiger partial charge in [-0.05, 0) is 29.3 Å². The van der Waals surface area contributed by atoms with Crippen molar-refractivity contribution in [2.75, 3.05) is 12.3 Å². The van der Waals surface area contributed by atoms with Crippen molar-refractivity contribution in [3.63, 3.8) is 0 Å². The van der Waals surface area contributed by atoms with Gasteiger partial charge >= 0.3 is 6.85 Å². The summed E-state index contributed by atoms with van der Waals surface area (Å²) in [6.45, 7) is -1.27. The monoisotopic (exact) mass is 401 g/mol. The third-order valence-electron chi connectivity index (χ3n) is 4.80. The third-order valence-corrected chi connectivity index (χ3v) is 4.80. The van der Waals surface area contributed by atoms with E-state index in [1.165, 1.54) is 13.1 Å². The Morgan fingerprint density at radius 3 is 2.03 bits per heavy atom. The van der Waals surface area contributed by atoms with Crippen LogP contribution in [0.5, 0.6) is 5.75 Å². The van der Waals surface area contributed by atoms with Crippen molar-refractivity contribution < 1.29 is 26.7 Å². The first kappa shape index (κ1) is 19.0. The Labute approximate surface area is 163 Å². The van der Waals surface area contributed by atoms with Crippen LogP contribution in [0, 0.1) is 29.1 Å². The Morgan fingerprint density at radius 2 is 1.41 bits per heavy atom. The first-order chi connectivity index (χ1) is 13.9. The number of fused-ring (bicyclic) bond motifs is 1. The van der Waals surface area contributed by atoms with Gasteiger partial charge in [-0.3, -0.25) is 0 Å². The van der Waals surface area contributed by atoms with E-state index in [0.29, 0.717) is 22.6 Å². The van der Waals surface area contributed by atoms with Crippen LogP contribution < -0.4 is 15.4 Å². The summed E-state index contributed by atoms with van der Waals surface area (Å²) in [5.41, 5.74) is 1.51. The summed E-state index contributed by atoms with van der Waals surface area (Å²) in [6, 6.07) is 13.9. The molecule has 3 aromatic carbocycles. The molecular formula is C21H13BF5NO. The molecule has 0 saturated carbocycles. The fourth-order valence-electron chi connectivity index (χ4n) is 3.38. The van der Waals surface area contributed by atoms with Crippen LogP contribution in [0.15, 0.2) is 54.5 Å². The first-order valence-electron chi connectivity index (χ1n) is 8.66. The molecule has 0 atom stereocenters. The molecule has 3 aromatic rings. The second-order valence-corrected chi connectivity index (χ2v) is 6.46. The largest absolute Gasteiger partial charge is 0.497 e. The molecule has 0 amide bonds. The molecule has 0 aliphatic carbocycles. The molecule has 0 spiro atoms. The second-order valence-electron chi connectivity index (χ2n) is 6.46. The van der Waals surface area contributed by atoms with Gasteiger partial charge in [0.1, 0.15) is 5.75 Å². The number of hydrogen-bond donors (Lipinski definition) is 1. The fraction of sp³-hybridized carbons (Fsp3) is 0.0476. The molecule has 1 N–H and O–H groups in total. The van der Waals surface area contributed by atoms with Gasteiger partial charge in [-0.25, -0.2) is 22.0 Å². The van der Waals surface area contributed by atoms with E-state index in [9.17, 15) is 22.0 Å². The number of anilines is 1. The number of rotatable bonds is 3. The highest BCUT2D eigenvalue weighted by molar-refractivity contribution is 6.82. The minimum absolute atomic E-state index is 0.473. The maximum absolute atomic E-state index is 14.4. The number of methoxy groups -OCH3 is 1. The lowest BCUT2D eigenvalue weighted by Gasteiger charge is -2.26. The standard InChI is InChI=1S/C21H13BF5NO/c1-29-12-7-8-15-13(9-12)14(11-5-3-2-4-6-11)10-22(28-15)16-17(23)19(25)21(27)20(26)18(16)24/h2-10,28H,1H3. The van der Waals surface area contributed by atoms with E-state index >= 15 is 0 Å². The first-order valence-corrected chi connectivity index (χ1v) is 8.66. The van der Waals surface area contributed by atoms with Crippen LogP contribution in [0.25, 0.3) is 5.57 Å². The summed E-state index contributed by atoms with van der Waals surface area (Å²) in [4.78, 5) is 0. The molecule has 0 fully saturated rings. The average molecular weight is 401 g/mol. The Morgan fingerprint density at radius 1 is 0.793 bits per heavy atom. The summed E-state index contributed by atoms with van der Waals surface area (Å²) in [6.07, 6.45) is 0. The maximum atomic E-state index is 14.4. The topological polar surface area (TPSA) is 21.3 Å². The number of hydrogen-bond acceptors (Lipinski definition) is 2. The van der Waals surface area contributed by atoms with Crippen LogP contribution in [-0.2, 0) is 0 Å². The van der Waals surface area contributed by atoms with Crippen molar-refractivity contribution in [2.45, 2.75) is 0 Å². The second kappa shape index (κ2) is 7.27. The molecule has 0 aromatic heterocycles. The maximum Gasteiger partial charge on any atom is 0.320 e. The van der Waals surface area contributed by atoms with Crippen molar-refractivity contribution >= 4 is 23.6 Å². The molecule has 0 radical (unpaired) electrons. The molecule has 8 heteroatoms. The molecule has 2 nitrogen and oxygen atoms in total. The molecular weight excluding hydrogens is 388 g/mol. The van der Waals surface area contributed by atoms with Gasteiger partial charge in [0.25, 0.3) is 0 Å². The zero-order valence-corrected chi connectivity index (χ0v) is 15.1. The van der Waals surface area contributed by atoms with Crippen molar-refractivity contribution in [1.29, 1.82) is 0 Å². The molecule has 146 valence electrons. The minimum Gasteiger partial charge on any atom is -0.497 e. The van der Waals surface area contributed by atoms with E-state index < -0.39 is 41.4 Å².